The monoisotopic (exact) mass is 152 g/mol. The Balaban J connectivity index is 2.56. The number of aromatic amines is 1. The zero-order valence-electron chi connectivity index (χ0n) is 7.22. The zero-order valence-corrected chi connectivity index (χ0v) is 7.22. The Morgan fingerprint density at radius 1 is 1.64 bits per heavy atom. The summed E-state index contributed by atoms with van der Waals surface area (Å²) in [5.41, 5.74) is 1.36. The molecule has 1 unspecified atom stereocenters. The van der Waals surface area contributed by atoms with Gasteiger partial charge in [0.25, 0.3) is 0 Å². The van der Waals surface area contributed by atoms with Gasteiger partial charge < -0.3 is 10.3 Å². The number of rotatable bonds is 4. The van der Waals surface area contributed by atoms with E-state index < -0.39 is 0 Å². The van der Waals surface area contributed by atoms with Crippen LogP contribution in [0.5, 0.6) is 0 Å². The lowest BCUT2D eigenvalue weighted by Crippen LogP contribution is -2.15. The maximum absolute atomic E-state index is 3.29. The van der Waals surface area contributed by atoms with Gasteiger partial charge in [0, 0.05) is 18.4 Å². The first kappa shape index (κ1) is 8.34. The Labute approximate surface area is 68.0 Å². The van der Waals surface area contributed by atoms with Gasteiger partial charge in [0.15, 0.2) is 0 Å². The molecule has 62 valence electrons. The molecule has 1 atom stereocenters. The highest BCUT2D eigenvalue weighted by Crippen LogP contribution is 2.16. The van der Waals surface area contributed by atoms with Crippen molar-refractivity contribution in [3.8, 4) is 0 Å². The van der Waals surface area contributed by atoms with Crippen LogP contribution >= 0.6 is 0 Å². The Hall–Kier alpha value is -0.760. The van der Waals surface area contributed by atoms with E-state index in [2.05, 4.69) is 29.5 Å². The van der Waals surface area contributed by atoms with Crippen molar-refractivity contribution in [1.82, 2.24) is 10.3 Å². The maximum atomic E-state index is 3.29. The van der Waals surface area contributed by atoms with Gasteiger partial charge in [0.05, 0.1) is 0 Å². The standard InChI is InChI=1S/C9H16N2/c1-3-4-9(10-2)8-5-6-11-7-8/h5-7,9-11H,3-4H2,1-2H3. The molecule has 0 radical (unpaired) electrons. The molecule has 2 heteroatoms. The van der Waals surface area contributed by atoms with Crippen molar-refractivity contribution in [2.45, 2.75) is 25.8 Å². The quantitative estimate of drug-likeness (QED) is 0.679. The summed E-state index contributed by atoms with van der Waals surface area (Å²) < 4.78 is 0. The maximum Gasteiger partial charge on any atom is 0.0332 e. The van der Waals surface area contributed by atoms with Crippen LogP contribution in [-0.2, 0) is 0 Å². The van der Waals surface area contributed by atoms with Gasteiger partial charge >= 0.3 is 0 Å². The van der Waals surface area contributed by atoms with E-state index in [9.17, 15) is 0 Å². The predicted octanol–water partition coefficient (Wildman–Crippen LogP) is 2.08. The van der Waals surface area contributed by atoms with Gasteiger partial charge in [-0.1, -0.05) is 13.3 Å². The Kier molecular flexibility index (Phi) is 3.17. The summed E-state index contributed by atoms with van der Waals surface area (Å²) in [7, 11) is 2.01. The first-order valence-corrected chi connectivity index (χ1v) is 4.18. The molecule has 2 N–H and O–H groups in total. The van der Waals surface area contributed by atoms with Gasteiger partial charge in [-0.25, -0.2) is 0 Å². The summed E-state index contributed by atoms with van der Waals surface area (Å²) in [6, 6.07) is 2.64. The van der Waals surface area contributed by atoms with Crippen LogP contribution in [0.1, 0.15) is 31.4 Å². The summed E-state index contributed by atoms with van der Waals surface area (Å²) >= 11 is 0. The van der Waals surface area contributed by atoms with Crippen molar-refractivity contribution in [2.75, 3.05) is 7.05 Å². The van der Waals surface area contributed by atoms with Crippen LogP contribution < -0.4 is 5.32 Å². The predicted molar refractivity (Wildman–Crippen MR) is 47.5 cm³/mol. The molecule has 2 nitrogen and oxygen atoms in total. The van der Waals surface area contributed by atoms with Crippen LogP contribution in [0.15, 0.2) is 18.5 Å². The van der Waals surface area contributed by atoms with E-state index in [0.717, 1.165) is 0 Å². The lowest BCUT2D eigenvalue weighted by molar-refractivity contribution is 0.542. The van der Waals surface area contributed by atoms with Crippen LogP contribution in [0.2, 0.25) is 0 Å². The SMILES string of the molecule is CCCC(NC)c1cc[nH]c1. The minimum absolute atomic E-state index is 0.520. The van der Waals surface area contributed by atoms with E-state index in [0.29, 0.717) is 6.04 Å². The van der Waals surface area contributed by atoms with Crippen LogP contribution in [-0.4, -0.2) is 12.0 Å². The average molecular weight is 152 g/mol. The third-order valence-electron chi connectivity index (χ3n) is 1.95. The number of nitrogens with one attached hydrogen (secondary N) is 2. The Morgan fingerprint density at radius 3 is 2.91 bits per heavy atom. The highest BCUT2D eigenvalue weighted by Gasteiger charge is 2.06. The molecule has 0 aliphatic carbocycles. The minimum Gasteiger partial charge on any atom is -0.367 e. The van der Waals surface area contributed by atoms with Gasteiger partial charge in [-0.2, -0.15) is 0 Å². The number of aromatic nitrogens is 1. The van der Waals surface area contributed by atoms with Crippen LogP contribution in [0.25, 0.3) is 0 Å². The molecule has 0 fully saturated rings. The van der Waals surface area contributed by atoms with Crippen LogP contribution in [0, 0.1) is 0 Å². The van der Waals surface area contributed by atoms with Gasteiger partial charge in [-0.05, 0) is 25.1 Å². The van der Waals surface area contributed by atoms with E-state index in [1.165, 1.54) is 18.4 Å². The molecule has 0 aromatic carbocycles. The fraction of sp³-hybridized carbons (Fsp3) is 0.556. The van der Waals surface area contributed by atoms with Crippen LogP contribution in [0.4, 0.5) is 0 Å². The number of H-pyrrole nitrogens is 1. The molecule has 0 aliphatic heterocycles. The van der Waals surface area contributed by atoms with Gasteiger partial charge in [-0.15, -0.1) is 0 Å². The third kappa shape index (κ3) is 2.09. The van der Waals surface area contributed by atoms with Gasteiger partial charge in [-0.3, -0.25) is 0 Å². The summed E-state index contributed by atoms with van der Waals surface area (Å²) in [5.74, 6) is 0. The van der Waals surface area contributed by atoms with E-state index in [1.54, 1.807) is 0 Å². The zero-order chi connectivity index (χ0) is 8.10. The lowest BCUT2D eigenvalue weighted by Gasteiger charge is -2.12. The summed E-state index contributed by atoms with van der Waals surface area (Å²) in [4.78, 5) is 3.06. The van der Waals surface area contributed by atoms with Crippen molar-refractivity contribution < 1.29 is 0 Å². The molecule has 0 aliphatic rings. The van der Waals surface area contributed by atoms with Crippen molar-refractivity contribution in [3.05, 3.63) is 24.0 Å². The Morgan fingerprint density at radius 2 is 2.45 bits per heavy atom. The molecule has 11 heavy (non-hydrogen) atoms. The van der Waals surface area contributed by atoms with E-state index in [-0.39, 0.29) is 0 Å². The number of hydrogen-bond acceptors (Lipinski definition) is 1. The average Bonchev–Trinajstić information content (AvgIpc) is 2.52. The molecule has 0 spiro atoms. The van der Waals surface area contributed by atoms with Crippen molar-refractivity contribution >= 4 is 0 Å². The topological polar surface area (TPSA) is 27.8 Å². The van der Waals surface area contributed by atoms with Crippen LogP contribution in [0.3, 0.4) is 0 Å². The van der Waals surface area contributed by atoms with Crippen molar-refractivity contribution in [2.24, 2.45) is 0 Å². The fourth-order valence-electron chi connectivity index (χ4n) is 1.32. The second-order valence-electron chi connectivity index (χ2n) is 2.77. The van der Waals surface area contributed by atoms with E-state index in [1.807, 2.05) is 13.2 Å². The molecule has 1 heterocycles. The molecule has 0 saturated carbocycles. The molecular formula is C9H16N2. The summed E-state index contributed by atoms with van der Waals surface area (Å²) in [5, 5.41) is 3.29. The normalized spacial score (nSPS) is 13.3. The first-order chi connectivity index (χ1) is 5.38. The second-order valence-corrected chi connectivity index (χ2v) is 2.77. The van der Waals surface area contributed by atoms with Crippen molar-refractivity contribution in [1.29, 1.82) is 0 Å². The summed E-state index contributed by atoms with van der Waals surface area (Å²) in [6.45, 7) is 2.21. The van der Waals surface area contributed by atoms with Gasteiger partial charge in [0.2, 0.25) is 0 Å². The molecule has 1 aromatic rings. The largest absolute Gasteiger partial charge is 0.367 e. The molecule has 0 saturated heterocycles. The molecule has 1 aromatic heterocycles. The lowest BCUT2D eigenvalue weighted by atomic mass is 10.1. The minimum atomic E-state index is 0.520. The van der Waals surface area contributed by atoms with E-state index >= 15 is 0 Å². The fourth-order valence-corrected chi connectivity index (χ4v) is 1.32. The number of hydrogen-bond donors (Lipinski definition) is 2. The van der Waals surface area contributed by atoms with Crippen molar-refractivity contribution in [3.63, 3.8) is 0 Å². The molecule has 0 amide bonds. The molecule has 0 bridgehead atoms. The van der Waals surface area contributed by atoms with Gasteiger partial charge in [0.1, 0.15) is 0 Å². The third-order valence-corrected chi connectivity index (χ3v) is 1.95. The highest BCUT2D eigenvalue weighted by atomic mass is 14.9. The second kappa shape index (κ2) is 4.19. The van der Waals surface area contributed by atoms with E-state index in [4.69, 9.17) is 0 Å². The smallest absolute Gasteiger partial charge is 0.0332 e. The summed E-state index contributed by atoms with van der Waals surface area (Å²) in [6.07, 6.45) is 6.44. The first-order valence-electron chi connectivity index (χ1n) is 4.18. The highest BCUT2D eigenvalue weighted by molar-refractivity contribution is 5.13. The Bertz CT molecular complexity index is 179. The molecule has 1 rings (SSSR count). The molecular weight excluding hydrogens is 136 g/mol.